The van der Waals surface area contributed by atoms with E-state index in [0.717, 1.165) is 12.1 Å². The van der Waals surface area contributed by atoms with Gasteiger partial charge in [0.15, 0.2) is 5.11 Å². The van der Waals surface area contributed by atoms with Gasteiger partial charge in [-0.25, -0.2) is 0 Å². The third kappa shape index (κ3) is 4.82. The molecular formula is C16H14F3N3O3S. The van der Waals surface area contributed by atoms with Crippen molar-refractivity contribution in [2.24, 2.45) is 0 Å². The van der Waals surface area contributed by atoms with Crippen molar-refractivity contribution in [3.05, 3.63) is 58.1 Å². The lowest BCUT2D eigenvalue weighted by Gasteiger charge is -2.17. The number of rotatable bonds is 5. The van der Waals surface area contributed by atoms with Crippen LogP contribution in [-0.4, -0.2) is 16.6 Å². The third-order valence-electron chi connectivity index (χ3n) is 3.20. The fraction of sp³-hybridized carbons (Fsp3) is 0.188. The Morgan fingerprint density at radius 1 is 1.19 bits per heavy atom. The van der Waals surface area contributed by atoms with Crippen LogP contribution in [0, 0.1) is 10.1 Å². The Labute approximate surface area is 152 Å². The first-order valence-corrected chi connectivity index (χ1v) is 7.78. The highest BCUT2D eigenvalue weighted by molar-refractivity contribution is 7.80. The number of anilines is 2. The maximum Gasteiger partial charge on any atom is 0.418 e. The Morgan fingerprint density at radius 2 is 1.85 bits per heavy atom. The first-order valence-electron chi connectivity index (χ1n) is 7.38. The predicted octanol–water partition coefficient (Wildman–Crippen LogP) is 4.82. The molecule has 2 aromatic rings. The molecule has 138 valence electrons. The molecule has 2 N–H and O–H groups in total. The summed E-state index contributed by atoms with van der Waals surface area (Å²) in [6.45, 7) is 2.19. The van der Waals surface area contributed by atoms with Gasteiger partial charge in [0.25, 0.3) is 5.69 Å². The number of halogens is 3. The summed E-state index contributed by atoms with van der Waals surface area (Å²) < 4.78 is 45.0. The van der Waals surface area contributed by atoms with E-state index in [2.05, 4.69) is 10.6 Å². The molecule has 0 unspecified atom stereocenters. The van der Waals surface area contributed by atoms with Crippen molar-refractivity contribution < 1.29 is 22.8 Å². The molecule has 10 heteroatoms. The fourth-order valence-corrected chi connectivity index (χ4v) is 2.34. The van der Waals surface area contributed by atoms with E-state index in [4.69, 9.17) is 17.0 Å². The van der Waals surface area contributed by atoms with Crippen molar-refractivity contribution in [3.63, 3.8) is 0 Å². The lowest BCUT2D eigenvalue weighted by Crippen LogP contribution is -2.22. The van der Waals surface area contributed by atoms with Crippen molar-refractivity contribution in [2.45, 2.75) is 13.1 Å². The van der Waals surface area contributed by atoms with Crippen LogP contribution in [0.15, 0.2) is 42.5 Å². The highest BCUT2D eigenvalue weighted by Gasteiger charge is 2.35. The number of non-ortho nitro benzene ring substituents is 1. The summed E-state index contributed by atoms with van der Waals surface area (Å²) in [7, 11) is 0. The molecule has 0 aliphatic heterocycles. The standard InChI is InChI=1S/C16H14F3N3O3S/c1-2-25-14-6-4-3-5-13(14)21-15(26)20-12-8-7-10(22(23)24)9-11(12)16(17,18)19/h3-9H,2H2,1H3,(H2,20,21,26). The lowest BCUT2D eigenvalue weighted by molar-refractivity contribution is -0.385. The number of ether oxygens (including phenoxy) is 1. The van der Waals surface area contributed by atoms with Gasteiger partial charge in [-0.15, -0.1) is 0 Å². The second kappa shape index (κ2) is 8.00. The molecule has 0 spiro atoms. The summed E-state index contributed by atoms with van der Waals surface area (Å²) >= 11 is 5.05. The van der Waals surface area contributed by atoms with Gasteiger partial charge in [0.05, 0.1) is 28.5 Å². The van der Waals surface area contributed by atoms with Crippen LogP contribution < -0.4 is 15.4 Å². The number of thiocarbonyl (C=S) groups is 1. The van der Waals surface area contributed by atoms with Crippen LogP contribution in [0.1, 0.15) is 12.5 Å². The lowest BCUT2D eigenvalue weighted by atomic mass is 10.1. The highest BCUT2D eigenvalue weighted by Crippen LogP contribution is 2.37. The summed E-state index contributed by atoms with van der Waals surface area (Å²) in [5.74, 6) is 0.485. The van der Waals surface area contributed by atoms with E-state index < -0.39 is 28.0 Å². The van der Waals surface area contributed by atoms with Crippen molar-refractivity contribution in [2.75, 3.05) is 17.2 Å². The van der Waals surface area contributed by atoms with Gasteiger partial charge in [0.1, 0.15) is 5.75 Å². The van der Waals surface area contributed by atoms with E-state index >= 15 is 0 Å². The van der Waals surface area contributed by atoms with E-state index in [1.54, 1.807) is 31.2 Å². The topological polar surface area (TPSA) is 76.4 Å². The Balaban J connectivity index is 2.25. The smallest absolute Gasteiger partial charge is 0.418 e. The molecule has 0 saturated carbocycles. The summed E-state index contributed by atoms with van der Waals surface area (Å²) in [5, 5.41) is 15.8. The Kier molecular flexibility index (Phi) is 5.98. The molecule has 26 heavy (non-hydrogen) atoms. The number of para-hydroxylation sites is 2. The largest absolute Gasteiger partial charge is 0.492 e. The van der Waals surface area contributed by atoms with Crippen molar-refractivity contribution in [3.8, 4) is 5.75 Å². The second-order valence-electron chi connectivity index (χ2n) is 4.99. The first-order chi connectivity index (χ1) is 12.2. The van der Waals surface area contributed by atoms with E-state index in [0.29, 0.717) is 24.1 Å². The molecule has 0 radical (unpaired) electrons. The van der Waals surface area contributed by atoms with Crippen molar-refractivity contribution in [1.82, 2.24) is 0 Å². The molecular weight excluding hydrogens is 371 g/mol. The Hall–Kier alpha value is -2.88. The minimum absolute atomic E-state index is 0.114. The average molecular weight is 385 g/mol. The molecule has 0 heterocycles. The minimum atomic E-state index is -4.78. The van der Waals surface area contributed by atoms with Crippen molar-refractivity contribution >= 4 is 34.4 Å². The Morgan fingerprint density at radius 3 is 2.46 bits per heavy atom. The number of alkyl halides is 3. The number of nitro benzene ring substituents is 1. The van der Waals surface area contributed by atoms with Crippen LogP contribution in [0.4, 0.5) is 30.2 Å². The SMILES string of the molecule is CCOc1ccccc1NC(=S)Nc1ccc([N+](=O)[O-])cc1C(F)(F)F. The Bertz CT molecular complexity index is 828. The van der Waals surface area contributed by atoms with Gasteiger partial charge in [0, 0.05) is 12.1 Å². The first kappa shape index (κ1) is 19.4. The van der Waals surface area contributed by atoms with Gasteiger partial charge in [-0.05, 0) is 37.3 Å². The number of hydrogen-bond donors (Lipinski definition) is 2. The summed E-state index contributed by atoms with van der Waals surface area (Å²) in [6, 6.07) is 9.17. The van der Waals surface area contributed by atoms with Crippen LogP contribution >= 0.6 is 12.2 Å². The molecule has 0 amide bonds. The molecule has 0 bridgehead atoms. The number of hydrogen-bond acceptors (Lipinski definition) is 4. The maximum atomic E-state index is 13.2. The third-order valence-corrected chi connectivity index (χ3v) is 3.41. The zero-order chi connectivity index (χ0) is 19.3. The van der Waals surface area contributed by atoms with Crippen LogP contribution in [0.3, 0.4) is 0 Å². The minimum Gasteiger partial charge on any atom is -0.492 e. The molecule has 0 atom stereocenters. The summed E-state index contributed by atoms with van der Waals surface area (Å²) in [5.41, 5.74) is -1.77. The molecule has 0 aliphatic rings. The molecule has 2 aromatic carbocycles. The molecule has 6 nitrogen and oxygen atoms in total. The highest BCUT2D eigenvalue weighted by atomic mass is 32.1. The monoisotopic (exact) mass is 385 g/mol. The van der Waals surface area contributed by atoms with Gasteiger partial charge >= 0.3 is 6.18 Å². The number of nitrogens with one attached hydrogen (secondary N) is 2. The van der Waals surface area contributed by atoms with Crippen LogP contribution in [0.25, 0.3) is 0 Å². The number of nitrogens with zero attached hydrogens (tertiary/aromatic N) is 1. The molecule has 0 aromatic heterocycles. The van der Waals surface area contributed by atoms with Gasteiger partial charge in [-0.1, -0.05) is 12.1 Å². The molecule has 0 aliphatic carbocycles. The van der Waals surface area contributed by atoms with E-state index in [1.807, 2.05) is 0 Å². The van der Waals surface area contributed by atoms with Gasteiger partial charge in [-0.2, -0.15) is 13.2 Å². The number of benzene rings is 2. The van der Waals surface area contributed by atoms with Crippen molar-refractivity contribution in [1.29, 1.82) is 0 Å². The molecule has 0 fully saturated rings. The average Bonchev–Trinajstić information content (AvgIpc) is 2.56. The predicted molar refractivity (Wildman–Crippen MR) is 95.6 cm³/mol. The quantitative estimate of drug-likeness (QED) is 0.437. The van der Waals surface area contributed by atoms with Crippen LogP contribution in [0.2, 0.25) is 0 Å². The van der Waals surface area contributed by atoms with Crippen LogP contribution in [0.5, 0.6) is 5.75 Å². The summed E-state index contributed by atoms with van der Waals surface area (Å²) in [4.78, 5) is 9.82. The number of nitro groups is 1. The maximum absolute atomic E-state index is 13.2. The van der Waals surface area contributed by atoms with E-state index in [-0.39, 0.29) is 5.11 Å². The summed E-state index contributed by atoms with van der Waals surface area (Å²) in [6.07, 6.45) is -4.78. The van der Waals surface area contributed by atoms with E-state index in [1.165, 1.54) is 0 Å². The second-order valence-corrected chi connectivity index (χ2v) is 5.40. The van der Waals surface area contributed by atoms with E-state index in [9.17, 15) is 23.3 Å². The zero-order valence-corrected chi connectivity index (χ0v) is 14.3. The zero-order valence-electron chi connectivity index (χ0n) is 13.5. The normalized spacial score (nSPS) is 10.9. The van der Waals surface area contributed by atoms with Crippen LogP contribution in [-0.2, 0) is 6.18 Å². The van der Waals surface area contributed by atoms with Gasteiger partial charge in [-0.3, -0.25) is 10.1 Å². The van der Waals surface area contributed by atoms with Gasteiger partial charge in [0.2, 0.25) is 0 Å². The molecule has 2 rings (SSSR count). The molecule has 0 saturated heterocycles. The van der Waals surface area contributed by atoms with Gasteiger partial charge < -0.3 is 15.4 Å². The fourth-order valence-electron chi connectivity index (χ4n) is 2.12.